The van der Waals surface area contributed by atoms with Crippen LogP contribution in [-0.2, 0) is 27.7 Å². The summed E-state index contributed by atoms with van der Waals surface area (Å²) in [4.78, 5) is 16.9. The maximum absolute atomic E-state index is 13.0. The van der Waals surface area contributed by atoms with Gasteiger partial charge in [0, 0.05) is 25.1 Å². The van der Waals surface area contributed by atoms with E-state index in [1.807, 2.05) is 45.0 Å². The molecule has 1 aromatic heterocycles. The van der Waals surface area contributed by atoms with Gasteiger partial charge in [0.05, 0.1) is 17.2 Å². The van der Waals surface area contributed by atoms with Gasteiger partial charge in [0.15, 0.2) is 0 Å². The molecule has 0 aliphatic heterocycles. The van der Waals surface area contributed by atoms with E-state index in [0.717, 1.165) is 47.6 Å². The third-order valence-electron chi connectivity index (χ3n) is 5.99. The largest absolute Gasteiger partial charge is 0.482 e. The molecule has 204 valence electrons. The number of benzene rings is 2. The van der Waals surface area contributed by atoms with E-state index in [9.17, 15) is 13.2 Å². The highest BCUT2D eigenvalue weighted by atomic mass is 32.2. The maximum atomic E-state index is 13.0. The van der Waals surface area contributed by atoms with E-state index in [2.05, 4.69) is 21.5 Å². The molecule has 10 heteroatoms. The summed E-state index contributed by atoms with van der Waals surface area (Å²) < 4.78 is 35.8. The summed E-state index contributed by atoms with van der Waals surface area (Å²) in [5.74, 6) is 0.967. The number of rotatable bonds is 12. The van der Waals surface area contributed by atoms with Crippen molar-refractivity contribution in [1.82, 2.24) is 19.6 Å². The number of sulfonamides is 1. The number of unbranched alkanes of at least 4 members (excludes halogenated alkanes) is 1. The minimum Gasteiger partial charge on any atom is -0.482 e. The lowest BCUT2D eigenvalue weighted by Crippen LogP contribution is -2.39. The molecule has 0 radical (unpaired) electrons. The smallest absolute Gasteiger partial charge is 0.328 e. The van der Waals surface area contributed by atoms with Crippen LogP contribution in [0.2, 0.25) is 0 Å². The Morgan fingerprint density at radius 1 is 1.05 bits per heavy atom. The topological polar surface area (TPSA) is 102 Å². The summed E-state index contributed by atoms with van der Waals surface area (Å²) in [7, 11) is -4.06. The summed E-state index contributed by atoms with van der Waals surface area (Å²) in [5.41, 5.74) is 3.92. The molecule has 0 fully saturated rings. The standard InChI is InChI=1S/C28H36N4O4S2/c1-5-8-13-25-30-20(4)26(27(37)36-7-3)32(25)19-21-14-16-22(17-15-21)23-11-9-10-12-24(23)38(34,35)31-28(33)29-18-6-2/h9-12,14-17H,5-8,13,18-19H2,1-4H3,(H2,29,31,33). The van der Waals surface area contributed by atoms with Gasteiger partial charge in [-0.3, -0.25) is 0 Å². The number of ether oxygens (including phenoxy) is 1. The summed E-state index contributed by atoms with van der Waals surface area (Å²) in [6, 6.07) is 13.6. The molecule has 0 aliphatic rings. The molecule has 3 aromatic rings. The molecule has 0 saturated heterocycles. The third kappa shape index (κ3) is 7.20. The van der Waals surface area contributed by atoms with Gasteiger partial charge in [-0.2, -0.15) is 0 Å². The molecular weight excluding hydrogens is 520 g/mol. The first-order valence-corrected chi connectivity index (χ1v) is 14.8. The Bertz CT molecular complexity index is 1370. The van der Waals surface area contributed by atoms with Crippen molar-refractivity contribution in [1.29, 1.82) is 0 Å². The molecule has 3 rings (SSSR count). The Labute approximate surface area is 230 Å². The number of urea groups is 1. The molecule has 0 spiro atoms. The Balaban J connectivity index is 1.91. The lowest BCUT2D eigenvalue weighted by molar-refractivity contribution is 0.246. The van der Waals surface area contributed by atoms with Gasteiger partial charge in [0.25, 0.3) is 10.0 Å². The van der Waals surface area contributed by atoms with Crippen LogP contribution in [0.3, 0.4) is 0 Å². The van der Waals surface area contributed by atoms with Crippen LogP contribution in [0.15, 0.2) is 53.4 Å². The molecule has 38 heavy (non-hydrogen) atoms. The lowest BCUT2D eigenvalue weighted by atomic mass is 10.0. The van der Waals surface area contributed by atoms with Crippen LogP contribution < -0.4 is 10.0 Å². The lowest BCUT2D eigenvalue weighted by Gasteiger charge is -2.15. The highest BCUT2D eigenvalue weighted by Gasteiger charge is 2.22. The highest BCUT2D eigenvalue weighted by molar-refractivity contribution is 7.90. The number of aryl methyl sites for hydroxylation is 2. The van der Waals surface area contributed by atoms with Crippen molar-refractivity contribution in [3.05, 3.63) is 71.3 Å². The Morgan fingerprint density at radius 2 is 1.76 bits per heavy atom. The first kappa shape index (κ1) is 29.3. The van der Waals surface area contributed by atoms with Crippen molar-refractivity contribution in [3.63, 3.8) is 0 Å². The molecule has 0 atom stereocenters. The van der Waals surface area contributed by atoms with Gasteiger partial charge >= 0.3 is 6.03 Å². The average molecular weight is 557 g/mol. The van der Waals surface area contributed by atoms with Gasteiger partial charge in [0.2, 0.25) is 5.05 Å². The van der Waals surface area contributed by atoms with Crippen LogP contribution in [0.4, 0.5) is 4.79 Å². The predicted molar refractivity (Wildman–Crippen MR) is 154 cm³/mol. The minimum atomic E-state index is -4.06. The van der Waals surface area contributed by atoms with Gasteiger partial charge in [-0.25, -0.2) is 22.9 Å². The second-order valence-electron chi connectivity index (χ2n) is 8.93. The quantitative estimate of drug-likeness (QED) is 0.291. The summed E-state index contributed by atoms with van der Waals surface area (Å²) in [6.45, 7) is 9.32. The molecule has 0 unspecified atom stereocenters. The monoisotopic (exact) mass is 556 g/mol. The zero-order chi connectivity index (χ0) is 27.7. The van der Waals surface area contributed by atoms with Crippen molar-refractivity contribution in [2.45, 2.75) is 64.8 Å². The number of hydrogen-bond donors (Lipinski definition) is 2. The fraction of sp³-hybridized carbons (Fsp3) is 0.393. The van der Waals surface area contributed by atoms with E-state index >= 15 is 0 Å². The van der Waals surface area contributed by atoms with Gasteiger partial charge in [-0.05, 0) is 56.1 Å². The number of thiocarbonyl (C=S) groups is 1. The maximum Gasteiger partial charge on any atom is 0.328 e. The van der Waals surface area contributed by atoms with E-state index in [4.69, 9.17) is 21.9 Å². The van der Waals surface area contributed by atoms with E-state index in [0.29, 0.717) is 36.7 Å². The van der Waals surface area contributed by atoms with Crippen molar-refractivity contribution < 1.29 is 17.9 Å². The molecule has 0 aliphatic carbocycles. The number of nitrogens with zero attached hydrogens (tertiary/aromatic N) is 2. The van der Waals surface area contributed by atoms with E-state index < -0.39 is 16.1 Å². The van der Waals surface area contributed by atoms with Gasteiger partial charge < -0.3 is 14.6 Å². The van der Waals surface area contributed by atoms with Crippen LogP contribution in [-0.4, -0.2) is 42.2 Å². The van der Waals surface area contributed by atoms with Crippen molar-refractivity contribution >= 4 is 33.3 Å². The van der Waals surface area contributed by atoms with Gasteiger partial charge in [-0.1, -0.05) is 62.7 Å². The van der Waals surface area contributed by atoms with Gasteiger partial charge in [-0.15, -0.1) is 0 Å². The molecule has 0 saturated carbocycles. The second kappa shape index (κ2) is 13.5. The fourth-order valence-electron chi connectivity index (χ4n) is 4.15. The zero-order valence-electron chi connectivity index (χ0n) is 22.4. The van der Waals surface area contributed by atoms with E-state index in [-0.39, 0.29) is 4.90 Å². The molecule has 1 heterocycles. The number of nitrogens with one attached hydrogen (secondary N) is 2. The Morgan fingerprint density at radius 3 is 2.42 bits per heavy atom. The van der Waals surface area contributed by atoms with E-state index in [1.165, 1.54) is 6.07 Å². The van der Waals surface area contributed by atoms with Crippen LogP contribution in [0, 0.1) is 6.92 Å². The number of hydrogen-bond acceptors (Lipinski definition) is 6. The molecule has 2 N–H and O–H groups in total. The van der Waals surface area contributed by atoms with Crippen LogP contribution >= 0.6 is 12.2 Å². The minimum absolute atomic E-state index is 0.0378. The highest BCUT2D eigenvalue weighted by Crippen LogP contribution is 2.28. The predicted octanol–water partition coefficient (Wildman–Crippen LogP) is 5.36. The molecule has 2 amide bonds. The second-order valence-corrected chi connectivity index (χ2v) is 10.9. The van der Waals surface area contributed by atoms with Gasteiger partial charge in [0.1, 0.15) is 11.5 Å². The van der Waals surface area contributed by atoms with E-state index in [1.54, 1.807) is 18.2 Å². The van der Waals surface area contributed by atoms with Crippen molar-refractivity contribution in [2.75, 3.05) is 13.2 Å². The van der Waals surface area contributed by atoms with Crippen LogP contribution in [0.25, 0.3) is 11.1 Å². The van der Waals surface area contributed by atoms with Crippen molar-refractivity contribution in [3.8, 4) is 11.1 Å². The summed E-state index contributed by atoms with van der Waals surface area (Å²) in [6.07, 6.45) is 3.62. The summed E-state index contributed by atoms with van der Waals surface area (Å²) >= 11 is 5.55. The number of imidazole rings is 1. The number of carbonyl (C=O) groups excluding carboxylic acids is 1. The number of carbonyl (C=O) groups is 1. The molecular formula is C28H36N4O4S2. The van der Waals surface area contributed by atoms with Crippen LogP contribution in [0.1, 0.15) is 62.8 Å². The SMILES string of the molecule is CCCCc1nc(C)c(C(=S)OCC)n1Cc1ccc(-c2ccccc2S(=O)(=O)NC(=O)NCCC)cc1. The zero-order valence-corrected chi connectivity index (χ0v) is 24.0. The number of aromatic nitrogens is 2. The van der Waals surface area contributed by atoms with Crippen LogP contribution in [0.5, 0.6) is 0 Å². The summed E-state index contributed by atoms with van der Waals surface area (Å²) in [5, 5.41) is 2.97. The third-order valence-corrected chi connectivity index (χ3v) is 7.69. The first-order valence-electron chi connectivity index (χ1n) is 12.9. The Kier molecular flexibility index (Phi) is 10.4. The fourth-order valence-corrected chi connectivity index (χ4v) is 5.68. The average Bonchev–Trinajstić information content (AvgIpc) is 3.20. The molecule has 8 nitrogen and oxygen atoms in total. The molecule has 0 bridgehead atoms. The first-order chi connectivity index (χ1) is 18.2. The normalized spacial score (nSPS) is 11.3. The number of amides is 2. The molecule has 2 aromatic carbocycles. The van der Waals surface area contributed by atoms with Crippen molar-refractivity contribution in [2.24, 2.45) is 0 Å². The Hall–Kier alpha value is -3.24.